The topological polar surface area (TPSA) is 21.7 Å². The smallest absolute Gasteiger partial charge is 0.385 e. The third-order valence-corrected chi connectivity index (χ3v) is 11.2. The molecule has 1 heterocycles. The van der Waals surface area contributed by atoms with E-state index in [2.05, 4.69) is 152 Å². The molecule has 0 amide bonds. The van der Waals surface area contributed by atoms with Crippen molar-refractivity contribution in [3.05, 3.63) is 129 Å². The van der Waals surface area contributed by atoms with E-state index in [0.717, 1.165) is 17.9 Å². The van der Waals surface area contributed by atoms with Crippen molar-refractivity contribution in [2.45, 2.75) is 97.6 Å². The summed E-state index contributed by atoms with van der Waals surface area (Å²) in [6.45, 7) is 20.7. The molecule has 4 aromatic carbocycles. The largest absolute Gasteiger partial charge is 0.427 e. The van der Waals surface area contributed by atoms with Gasteiger partial charge in [0.15, 0.2) is 0 Å². The highest BCUT2D eigenvalue weighted by Crippen LogP contribution is 2.62. The molecule has 43 heavy (non-hydrogen) atoms. The van der Waals surface area contributed by atoms with Gasteiger partial charge >= 0.3 is 8.53 Å². The number of fused-ring (bicyclic) bond motifs is 2. The van der Waals surface area contributed by atoms with Gasteiger partial charge in [0.25, 0.3) is 0 Å². The molecule has 0 radical (unpaired) electrons. The highest BCUT2D eigenvalue weighted by atomic mass is 31.2. The standard InChI is InChI=1S/C39H46NO2P/c1-25-20-32(38(5,6)7)36-31-24-39(8,9)33-21-26(2)23-35(37(31)33)42-43(41-34(36)22-25)40(27(3)29-16-12-10-13-17-29)28(4)30-18-14-11-15-19-30/h10-23,27-28,31H,24H2,1-9H3/t27-,28?,31?,43?/m1/s1. The van der Waals surface area contributed by atoms with Crippen LogP contribution >= 0.6 is 8.53 Å². The molecule has 2 aliphatic rings. The predicted molar refractivity (Wildman–Crippen MR) is 180 cm³/mol. The molecule has 0 fully saturated rings. The Bertz CT molecular complexity index is 1580. The summed E-state index contributed by atoms with van der Waals surface area (Å²) in [7, 11) is -1.55. The number of aryl methyl sites for hydroxylation is 2. The average molecular weight is 592 g/mol. The van der Waals surface area contributed by atoms with Gasteiger partial charge in [0.1, 0.15) is 11.5 Å². The van der Waals surface area contributed by atoms with Crippen LogP contribution in [0.3, 0.4) is 0 Å². The SMILES string of the molecule is Cc1cc2c(c(C(C)(C)C)c1)C1CC(C)(C)c3cc(C)cc(c31)OP(N(C(C)c1ccccc1)[C@H](C)c1ccccc1)O2. The highest BCUT2D eigenvalue weighted by Gasteiger charge is 2.46. The lowest BCUT2D eigenvalue weighted by Crippen LogP contribution is -2.30. The van der Waals surface area contributed by atoms with E-state index in [9.17, 15) is 0 Å². The quantitative estimate of drug-likeness (QED) is 0.216. The maximum atomic E-state index is 7.29. The van der Waals surface area contributed by atoms with Gasteiger partial charge in [0.05, 0.1) is 0 Å². The van der Waals surface area contributed by atoms with E-state index in [4.69, 9.17) is 9.05 Å². The van der Waals surface area contributed by atoms with Crippen molar-refractivity contribution in [1.29, 1.82) is 0 Å². The van der Waals surface area contributed by atoms with Crippen LogP contribution in [0, 0.1) is 13.8 Å². The number of hydrogen-bond donors (Lipinski definition) is 0. The minimum absolute atomic E-state index is 0.0306. The molecular formula is C39H46NO2P. The molecule has 0 bridgehead atoms. The van der Waals surface area contributed by atoms with E-state index >= 15 is 0 Å². The van der Waals surface area contributed by atoms with E-state index in [-0.39, 0.29) is 28.8 Å². The Morgan fingerprint density at radius 3 is 1.74 bits per heavy atom. The molecule has 1 aliphatic heterocycles. The van der Waals surface area contributed by atoms with Crippen LogP contribution < -0.4 is 9.05 Å². The van der Waals surface area contributed by atoms with Crippen LogP contribution in [-0.4, -0.2) is 4.67 Å². The second kappa shape index (κ2) is 11.1. The van der Waals surface area contributed by atoms with Crippen molar-refractivity contribution in [2.24, 2.45) is 0 Å². The second-order valence-electron chi connectivity index (χ2n) is 14.3. The normalized spacial score (nSPS) is 20.2. The van der Waals surface area contributed by atoms with Gasteiger partial charge in [-0.15, -0.1) is 0 Å². The van der Waals surface area contributed by atoms with Crippen LogP contribution in [-0.2, 0) is 10.8 Å². The molecule has 0 aromatic heterocycles. The monoisotopic (exact) mass is 591 g/mol. The van der Waals surface area contributed by atoms with Gasteiger partial charge < -0.3 is 9.05 Å². The maximum absolute atomic E-state index is 7.29. The molecule has 1 aliphatic carbocycles. The van der Waals surface area contributed by atoms with Gasteiger partial charge in [-0.2, -0.15) is 0 Å². The summed E-state index contributed by atoms with van der Waals surface area (Å²) in [6, 6.07) is 30.9. The summed E-state index contributed by atoms with van der Waals surface area (Å²) >= 11 is 0. The van der Waals surface area contributed by atoms with Gasteiger partial charge in [0.2, 0.25) is 0 Å². The van der Waals surface area contributed by atoms with Gasteiger partial charge in [-0.25, -0.2) is 4.67 Å². The van der Waals surface area contributed by atoms with E-state index in [1.807, 2.05) is 0 Å². The maximum Gasteiger partial charge on any atom is 0.385 e. The Kier molecular flexibility index (Phi) is 7.72. The van der Waals surface area contributed by atoms with Crippen LogP contribution in [0.1, 0.15) is 117 Å². The highest BCUT2D eigenvalue weighted by molar-refractivity contribution is 7.45. The Morgan fingerprint density at radius 2 is 1.23 bits per heavy atom. The minimum Gasteiger partial charge on any atom is -0.427 e. The van der Waals surface area contributed by atoms with Crippen molar-refractivity contribution in [3.8, 4) is 11.5 Å². The fourth-order valence-electron chi connectivity index (χ4n) is 7.22. The summed E-state index contributed by atoms with van der Waals surface area (Å²) in [6.07, 6.45) is 1.03. The Hall–Kier alpha value is -3.13. The van der Waals surface area contributed by atoms with Crippen molar-refractivity contribution in [2.75, 3.05) is 0 Å². The zero-order valence-electron chi connectivity index (χ0n) is 27.2. The van der Waals surface area contributed by atoms with Gasteiger partial charge in [-0.05, 0) is 90.5 Å². The van der Waals surface area contributed by atoms with E-state index in [1.165, 1.54) is 44.5 Å². The van der Waals surface area contributed by atoms with Crippen LogP contribution in [0.25, 0.3) is 0 Å². The van der Waals surface area contributed by atoms with E-state index in [1.54, 1.807) is 0 Å². The molecule has 224 valence electrons. The lowest BCUT2D eigenvalue weighted by atomic mass is 9.76. The molecule has 6 rings (SSSR count). The molecule has 4 heteroatoms. The first kappa shape index (κ1) is 29.9. The number of hydrogen-bond acceptors (Lipinski definition) is 3. The summed E-state index contributed by atoms with van der Waals surface area (Å²) in [5, 5.41) is 0. The molecule has 4 atom stereocenters. The molecule has 0 saturated heterocycles. The number of nitrogens with zero attached hydrogens (tertiary/aromatic N) is 1. The first-order valence-electron chi connectivity index (χ1n) is 15.7. The fourth-order valence-corrected chi connectivity index (χ4v) is 8.91. The molecule has 3 nitrogen and oxygen atoms in total. The fraction of sp³-hybridized carbons (Fsp3) is 0.385. The van der Waals surface area contributed by atoms with Crippen LogP contribution in [0.5, 0.6) is 11.5 Å². The van der Waals surface area contributed by atoms with Crippen molar-refractivity contribution in [3.63, 3.8) is 0 Å². The molecule has 0 N–H and O–H groups in total. The lowest BCUT2D eigenvalue weighted by Gasteiger charge is -2.40. The zero-order valence-corrected chi connectivity index (χ0v) is 28.1. The second-order valence-corrected chi connectivity index (χ2v) is 15.6. The first-order valence-corrected chi connectivity index (χ1v) is 16.8. The molecule has 3 unspecified atom stereocenters. The summed E-state index contributed by atoms with van der Waals surface area (Å²) in [5.74, 6) is 2.17. The minimum atomic E-state index is -1.55. The average Bonchev–Trinajstić information content (AvgIpc) is 3.22. The van der Waals surface area contributed by atoms with Gasteiger partial charge in [-0.3, -0.25) is 0 Å². The summed E-state index contributed by atoms with van der Waals surface area (Å²) in [4.78, 5) is 0. The van der Waals surface area contributed by atoms with Crippen molar-refractivity contribution < 1.29 is 9.05 Å². The van der Waals surface area contributed by atoms with E-state index in [0.29, 0.717) is 0 Å². The first-order chi connectivity index (χ1) is 20.3. The Morgan fingerprint density at radius 1 is 0.744 bits per heavy atom. The molecular weight excluding hydrogens is 545 g/mol. The third-order valence-electron chi connectivity index (χ3n) is 9.42. The van der Waals surface area contributed by atoms with Crippen LogP contribution in [0.4, 0.5) is 0 Å². The van der Waals surface area contributed by atoms with Gasteiger partial charge in [0, 0.05) is 29.1 Å². The van der Waals surface area contributed by atoms with Gasteiger partial charge in [-0.1, -0.05) is 107 Å². The lowest BCUT2D eigenvalue weighted by molar-refractivity contribution is 0.245. The summed E-state index contributed by atoms with van der Waals surface area (Å²) < 4.78 is 17.0. The third kappa shape index (κ3) is 5.52. The Labute approximate surface area is 260 Å². The summed E-state index contributed by atoms with van der Waals surface area (Å²) in [5.41, 5.74) is 10.4. The Balaban J connectivity index is 1.61. The predicted octanol–water partition coefficient (Wildman–Crippen LogP) is 11.2. The number of benzene rings is 4. The van der Waals surface area contributed by atoms with Crippen LogP contribution in [0.2, 0.25) is 0 Å². The molecule has 0 spiro atoms. The molecule has 0 saturated carbocycles. The zero-order chi connectivity index (χ0) is 30.7. The van der Waals surface area contributed by atoms with E-state index < -0.39 is 8.53 Å². The van der Waals surface area contributed by atoms with Crippen LogP contribution in [0.15, 0.2) is 84.9 Å². The molecule has 4 aromatic rings. The number of rotatable bonds is 5. The van der Waals surface area contributed by atoms with Crippen molar-refractivity contribution >= 4 is 8.53 Å². The van der Waals surface area contributed by atoms with Crippen molar-refractivity contribution in [1.82, 2.24) is 4.67 Å².